The van der Waals surface area contributed by atoms with Crippen LogP contribution in [-0.2, 0) is 6.42 Å². The Morgan fingerprint density at radius 2 is 2.04 bits per heavy atom. The molecule has 0 atom stereocenters. The number of aromatic hydroxyl groups is 1. The van der Waals surface area contributed by atoms with Crippen molar-refractivity contribution in [2.45, 2.75) is 12.8 Å². The van der Waals surface area contributed by atoms with Gasteiger partial charge >= 0.3 is 0 Å². The standard InChI is InChI=1S/C17H16F2N2O2/c1-21-6-2-3-10-7-12(4-5-14(10)21)20-17(23)16-13(19)8-11(18)9-15(16)22/h4-5,7-9,22H,2-3,6H2,1H3,(H,20,23). The molecule has 0 spiro atoms. The molecule has 6 heteroatoms. The second-order valence-electron chi connectivity index (χ2n) is 5.60. The summed E-state index contributed by atoms with van der Waals surface area (Å²) < 4.78 is 26.7. The van der Waals surface area contributed by atoms with Crippen LogP contribution in [0.25, 0.3) is 0 Å². The number of phenolic OH excluding ortho intramolecular Hbond substituents is 1. The molecule has 0 aromatic heterocycles. The van der Waals surface area contributed by atoms with Crippen LogP contribution in [0.4, 0.5) is 20.2 Å². The zero-order valence-electron chi connectivity index (χ0n) is 12.6. The fraction of sp³-hybridized carbons (Fsp3) is 0.235. The van der Waals surface area contributed by atoms with Crippen molar-refractivity contribution >= 4 is 17.3 Å². The summed E-state index contributed by atoms with van der Waals surface area (Å²) in [6.07, 6.45) is 1.92. The fourth-order valence-corrected chi connectivity index (χ4v) is 2.84. The van der Waals surface area contributed by atoms with Crippen LogP contribution >= 0.6 is 0 Å². The minimum Gasteiger partial charge on any atom is -0.507 e. The van der Waals surface area contributed by atoms with E-state index in [0.29, 0.717) is 17.8 Å². The third kappa shape index (κ3) is 2.97. The molecule has 0 aliphatic carbocycles. The Kier molecular flexibility index (Phi) is 3.90. The van der Waals surface area contributed by atoms with E-state index in [0.717, 1.165) is 30.6 Å². The number of carbonyl (C=O) groups is 1. The Hall–Kier alpha value is -2.63. The van der Waals surface area contributed by atoms with Gasteiger partial charge in [-0.25, -0.2) is 8.78 Å². The third-order valence-electron chi connectivity index (χ3n) is 3.95. The molecule has 0 bridgehead atoms. The van der Waals surface area contributed by atoms with Crippen molar-refractivity contribution in [2.24, 2.45) is 0 Å². The molecular formula is C17H16F2N2O2. The second-order valence-corrected chi connectivity index (χ2v) is 5.60. The normalized spacial score (nSPS) is 13.6. The van der Waals surface area contributed by atoms with Crippen molar-refractivity contribution in [1.29, 1.82) is 0 Å². The van der Waals surface area contributed by atoms with Crippen molar-refractivity contribution in [2.75, 3.05) is 23.8 Å². The third-order valence-corrected chi connectivity index (χ3v) is 3.95. The van der Waals surface area contributed by atoms with Crippen LogP contribution in [0.1, 0.15) is 22.3 Å². The lowest BCUT2D eigenvalue weighted by atomic mass is 10.0. The first-order chi connectivity index (χ1) is 11.0. The molecule has 0 fully saturated rings. The van der Waals surface area contributed by atoms with Crippen LogP contribution in [0.2, 0.25) is 0 Å². The molecule has 0 saturated carbocycles. The Labute approximate surface area is 132 Å². The van der Waals surface area contributed by atoms with Gasteiger partial charge in [0, 0.05) is 37.1 Å². The number of amides is 1. The number of anilines is 2. The highest BCUT2D eigenvalue weighted by Crippen LogP contribution is 2.29. The highest BCUT2D eigenvalue weighted by Gasteiger charge is 2.20. The molecule has 4 nitrogen and oxygen atoms in total. The molecule has 2 N–H and O–H groups in total. The van der Waals surface area contributed by atoms with Gasteiger partial charge in [-0.1, -0.05) is 0 Å². The molecule has 2 aromatic rings. The number of carbonyl (C=O) groups excluding carboxylic acids is 1. The molecule has 2 aromatic carbocycles. The molecule has 3 rings (SSSR count). The van der Waals surface area contributed by atoms with Crippen molar-refractivity contribution < 1.29 is 18.7 Å². The van der Waals surface area contributed by atoms with E-state index >= 15 is 0 Å². The predicted octanol–water partition coefficient (Wildman–Crippen LogP) is 3.31. The van der Waals surface area contributed by atoms with E-state index in [1.54, 1.807) is 6.07 Å². The predicted molar refractivity (Wildman–Crippen MR) is 84.0 cm³/mol. The van der Waals surface area contributed by atoms with Gasteiger partial charge in [0.05, 0.1) is 0 Å². The van der Waals surface area contributed by atoms with E-state index in [4.69, 9.17) is 0 Å². The monoisotopic (exact) mass is 318 g/mol. The Morgan fingerprint density at radius 1 is 1.26 bits per heavy atom. The molecule has 1 aliphatic heterocycles. The number of nitrogens with one attached hydrogen (secondary N) is 1. The Balaban J connectivity index is 1.87. The maximum absolute atomic E-state index is 13.7. The summed E-state index contributed by atoms with van der Waals surface area (Å²) in [5, 5.41) is 12.1. The molecule has 0 saturated heterocycles. The number of nitrogens with zero attached hydrogens (tertiary/aromatic N) is 1. The van der Waals surface area contributed by atoms with Gasteiger partial charge < -0.3 is 15.3 Å². The minimum absolute atomic E-state index is 0.507. The molecular weight excluding hydrogens is 302 g/mol. The van der Waals surface area contributed by atoms with E-state index in [1.807, 2.05) is 19.2 Å². The van der Waals surface area contributed by atoms with E-state index in [2.05, 4.69) is 10.2 Å². The van der Waals surface area contributed by atoms with E-state index in [1.165, 1.54) is 0 Å². The van der Waals surface area contributed by atoms with Gasteiger partial charge in [-0.05, 0) is 36.6 Å². The lowest BCUT2D eigenvalue weighted by Gasteiger charge is -2.27. The maximum Gasteiger partial charge on any atom is 0.262 e. The van der Waals surface area contributed by atoms with Gasteiger partial charge in [-0.2, -0.15) is 0 Å². The molecule has 23 heavy (non-hydrogen) atoms. The highest BCUT2D eigenvalue weighted by molar-refractivity contribution is 6.06. The summed E-state index contributed by atoms with van der Waals surface area (Å²) in [6.45, 7) is 0.980. The zero-order valence-corrected chi connectivity index (χ0v) is 12.6. The summed E-state index contributed by atoms with van der Waals surface area (Å²) in [4.78, 5) is 14.3. The number of hydrogen-bond donors (Lipinski definition) is 2. The van der Waals surface area contributed by atoms with E-state index < -0.39 is 28.9 Å². The Bertz CT molecular complexity index is 754. The van der Waals surface area contributed by atoms with Gasteiger partial charge in [0.15, 0.2) is 0 Å². The van der Waals surface area contributed by atoms with Crippen LogP contribution in [0.3, 0.4) is 0 Å². The highest BCUT2D eigenvalue weighted by atomic mass is 19.1. The summed E-state index contributed by atoms with van der Waals surface area (Å²) in [5.41, 5.74) is 2.14. The summed E-state index contributed by atoms with van der Waals surface area (Å²) in [6, 6.07) is 6.72. The number of halogens is 2. The molecule has 1 heterocycles. The number of aryl methyl sites for hydroxylation is 1. The number of rotatable bonds is 2. The summed E-state index contributed by atoms with van der Waals surface area (Å²) in [7, 11) is 2.00. The first-order valence-corrected chi connectivity index (χ1v) is 7.29. The van der Waals surface area contributed by atoms with Crippen molar-refractivity contribution in [3.63, 3.8) is 0 Å². The van der Waals surface area contributed by atoms with Crippen molar-refractivity contribution in [3.05, 3.63) is 53.1 Å². The van der Waals surface area contributed by atoms with Crippen molar-refractivity contribution in [1.82, 2.24) is 0 Å². The average Bonchev–Trinajstić information content (AvgIpc) is 2.46. The molecule has 120 valence electrons. The Morgan fingerprint density at radius 3 is 2.78 bits per heavy atom. The van der Waals surface area contributed by atoms with Gasteiger partial charge in [0.1, 0.15) is 22.9 Å². The van der Waals surface area contributed by atoms with Crippen LogP contribution in [0, 0.1) is 11.6 Å². The SMILES string of the molecule is CN1CCCc2cc(NC(=O)c3c(O)cc(F)cc3F)ccc21. The number of hydrogen-bond acceptors (Lipinski definition) is 3. The lowest BCUT2D eigenvalue weighted by Crippen LogP contribution is -2.24. The number of fused-ring (bicyclic) bond motifs is 1. The van der Waals surface area contributed by atoms with Gasteiger partial charge in [0.2, 0.25) is 0 Å². The smallest absolute Gasteiger partial charge is 0.262 e. The van der Waals surface area contributed by atoms with Crippen LogP contribution in [0.5, 0.6) is 5.75 Å². The minimum atomic E-state index is -1.10. The molecule has 1 aliphatic rings. The summed E-state index contributed by atoms with van der Waals surface area (Å²) in [5.74, 6) is -3.58. The first kappa shape index (κ1) is 15.3. The summed E-state index contributed by atoms with van der Waals surface area (Å²) >= 11 is 0. The first-order valence-electron chi connectivity index (χ1n) is 7.29. The maximum atomic E-state index is 13.7. The average molecular weight is 318 g/mol. The van der Waals surface area contributed by atoms with E-state index in [9.17, 15) is 18.7 Å². The van der Waals surface area contributed by atoms with Crippen LogP contribution < -0.4 is 10.2 Å². The zero-order chi connectivity index (χ0) is 16.6. The number of phenols is 1. The van der Waals surface area contributed by atoms with E-state index in [-0.39, 0.29) is 0 Å². The molecule has 1 amide bonds. The second kappa shape index (κ2) is 5.87. The topological polar surface area (TPSA) is 52.6 Å². The fourth-order valence-electron chi connectivity index (χ4n) is 2.84. The largest absolute Gasteiger partial charge is 0.507 e. The van der Waals surface area contributed by atoms with Crippen LogP contribution in [-0.4, -0.2) is 24.6 Å². The quantitative estimate of drug-likeness (QED) is 0.893. The van der Waals surface area contributed by atoms with Crippen molar-refractivity contribution in [3.8, 4) is 5.75 Å². The number of benzene rings is 2. The van der Waals surface area contributed by atoms with Gasteiger partial charge in [-0.15, -0.1) is 0 Å². The van der Waals surface area contributed by atoms with Crippen LogP contribution in [0.15, 0.2) is 30.3 Å². The molecule has 0 unspecified atom stereocenters. The van der Waals surface area contributed by atoms with Gasteiger partial charge in [0.25, 0.3) is 5.91 Å². The lowest BCUT2D eigenvalue weighted by molar-refractivity contribution is 0.102. The van der Waals surface area contributed by atoms with Gasteiger partial charge in [-0.3, -0.25) is 4.79 Å². The molecule has 0 radical (unpaired) electrons.